The summed E-state index contributed by atoms with van der Waals surface area (Å²) in [5, 5.41) is 15.5. The molecule has 2 N–H and O–H groups in total. The second kappa shape index (κ2) is 7.11. The highest BCUT2D eigenvalue weighted by Crippen LogP contribution is 2.51. The minimum absolute atomic E-state index is 0.00273. The maximum absolute atomic E-state index is 13.6. The number of carbonyl (C=O) groups is 1. The van der Waals surface area contributed by atoms with Crippen LogP contribution in [0.5, 0.6) is 0 Å². The first kappa shape index (κ1) is 20.3. The number of rotatable bonds is 3. The van der Waals surface area contributed by atoms with Crippen LogP contribution < -0.4 is 10.6 Å². The number of nitrogens with zero attached hydrogens (tertiary/aromatic N) is 3. The van der Waals surface area contributed by atoms with Crippen LogP contribution in [0, 0.1) is 0 Å². The number of aryl methyl sites for hydroxylation is 1. The molecular formula is C27H29N5O. The number of azo groups is 1. The second-order valence-electron chi connectivity index (χ2n) is 10.2. The molecule has 1 aromatic carbocycles. The molecule has 0 bridgehead atoms. The standard InChI is InChI=1S/C27H29N5O/c1-4-27(17-8-5-7-16(13-17)18-11-12-28-21-10-6-9-19(18)21)20-15-29-32-24(20)30-22-14-26(2,3)31-25(33)23(22)27/h5,7-8,11-13,15,24,30H,4,6,9-10,14H2,1-3H3,(H,31,33). The Hall–Kier alpha value is -3.28. The molecule has 1 aromatic heterocycles. The minimum Gasteiger partial charge on any atom is -0.362 e. The highest BCUT2D eigenvalue weighted by atomic mass is 16.2. The predicted molar refractivity (Wildman–Crippen MR) is 127 cm³/mol. The molecule has 6 heteroatoms. The van der Waals surface area contributed by atoms with Gasteiger partial charge in [-0.15, -0.1) is 0 Å². The Kier molecular flexibility index (Phi) is 4.38. The fourth-order valence-corrected chi connectivity index (χ4v) is 6.29. The Bertz CT molecular complexity index is 1270. The van der Waals surface area contributed by atoms with Crippen molar-refractivity contribution < 1.29 is 4.79 Å². The summed E-state index contributed by atoms with van der Waals surface area (Å²) in [6, 6.07) is 10.9. The Morgan fingerprint density at radius 2 is 2.06 bits per heavy atom. The molecule has 1 aliphatic carbocycles. The van der Waals surface area contributed by atoms with Gasteiger partial charge in [-0.2, -0.15) is 10.2 Å². The Labute approximate surface area is 194 Å². The number of nitrogens with one attached hydrogen (secondary N) is 2. The molecule has 168 valence electrons. The molecular weight excluding hydrogens is 410 g/mol. The Balaban J connectivity index is 1.56. The van der Waals surface area contributed by atoms with Gasteiger partial charge < -0.3 is 10.6 Å². The van der Waals surface area contributed by atoms with Crippen LogP contribution in [0.4, 0.5) is 0 Å². The average molecular weight is 440 g/mol. The lowest BCUT2D eigenvalue weighted by Crippen LogP contribution is -2.58. The maximum Gasteiger partial charge on any atom is 0.250 e. The van der Waals surface area contributed by atoms with Gasteiger partial charge in [0.15, 0.2) is 6.17 Å². The molecule has 2 atom stereocenters. The van der Waals surface area contributed by atoms with E-state index in [1.807, 2.05) is 12.4 Å². The van der Waals surface area contributed by atoms with E-state index in [1.54, 1.807) is 0 Å². The van der Waals surface area contributed by atoms with Gasteiger partial charge >= 0.3 is 0 Å². The molecule has 0 spiro atoms. The first-order valence-electron chi connectivity index (χ1n) is 11.9. The van der Waals surface area contributed by atoms with E-state index < -0.39 is 5.41 Å². The van der Waals surface area contributed by atoms with Crippen molar-refractivity contribution in [3.63, 3.8) is 0 Å². The van der Waals surface area contributed by atoms with Gasteiger partial charge in [-0.05, 0) is 73.9 Å². The average Bonchev–Trinajstić information content (AvgIpc) is 3.46. The summed E-state index contributed by atoms with van der Waals surface area (Å²) in [5.74, 6) is -0.00273. The van der Waals surface area contributed by atoms with Crippen LogP contribution in [-0.4, -0.2) is 22.6 Å². The van der Waals surface area contributed by atoms with E-state index in [9.17, 15) is 4.79 Å². The molecule has 2 unspecified atom stereocenters. The summed E-state index contributed by atoms with van der Waals surface area (Å²) in [7, 11) is 0. The number of carbonyl (C=O) groups excluding carboxylic acids is 1. The van der Waals surface area contributed by atoms with Crippen LogP contribution in [0.25, 0.3) is 11.1 Å². The van der Waals surface area contributed by atoms with Crippen molar-refractivity contribution in [2.75, 3.05) is 0 Å². The normalized spacial score (nSPS) is 26.8. The van der Waals surface area contributed by atoms with E-state index in [4.69, 9.17) is 0 Å². The topological polar surface area (TPSA) is 78.7 Å². The smallest absolute Gasteiger partial charge is 0.250 e. The zero-order chi connectivity index (χ0) is 22.8. The number of benzene rings is 1. The molecule has 33 heavy (non-hydrogen) atoms. The molecule has 4 aliphatic rings. The summed E-state index contributed by atoms with van der Waals surface area (Å²) in [6.07, 6.45) is 8.35. The van der Waals surface area contributed by atoms with Gasteiger partial charge in [0.2, 0.25) is 0 Å². The van der Waals surface area contributed by atoms with Gasteiger partial charge in [-0.25, -0.2) is 0 Å². The highest BCUT2D eigenvalue weighted by molar-refractivity contribution is 6.00. The van der Waals surface area contributed by atoms with Crippen LogP contribution in [0.1, 0.15) is 56.9 Å². The molecule has 2 aromatic rings. The van der Waals surface area contributed by atoms with Crippen molar-refractivity contribution in [2.45, 2.75) is 70.0 Å². The molecule has 4 heterocycles. The number of fused-ring (bicyclic) bond motifs is 2. The summed E-state index contributed by atoms with van der Waals surface area (Å²) >= 11 is 0. The molecule has 3 aliphatic heterocycles. The quantitative estimate of drug-likeness (QED) is 0.727. The molecule has 1 amide bonds. The second-order valence-corrected chi connectivity index (χ2v) is 10.2. The molecule has 0 saturated carbocycles. The lowest BCUT2D eigenvalue weighted by atomic mass is 9.62. The lowest BCUT2D eigenvalue weighted by molar-refractivity contribution is -0.120. The van der Waals surface area contributed by atoms with Crippen LogP contribution in [0.3, 0.4) is 0 Å². The number of hydrogen-bond donors (Lipinski definition) is 2. The number of amides is 1. The van der Waals surface area contributed by atoms with Crippen molar-refractivity contribution in [1.82, 2.24) is 15.6 Å². The molecule has 6 rings (SSSR count). The van der Waals surface area contributed by atoms with Crippen LogP contribution >= 0.6 is 0 Å². The lowest BCUT2D eigenvalue weighted by Gasteiger charge is -2.48. The summed E-state index contributed by atoms with van der Waals surface area (Å²) in [5.41, 5.74) is 8.14. The van der Waals surface area contributed by atoms with E-state index in [2.05, 4.69) is 76.9 Å². The van der Waals surface area contributed by atoms with E-state index in [0.29, 0.717) is 0 Å². The first-order chi connectivity index (χ1) is 15.9. The molecule has 0 radical (unpaired) electrons. The minimum atomic E-state index is -0.568. The van der Waals surface area contributed by atoms with E-state index in [-0.39, 0.29) is 17.6 Å². The monoisotopic (exact) mass is 439 g/mol. The van der Waals surface area contributed by atoms with Gasteiger partial charge in [0.05, 0.1) is 17.2 Å². The highest BCUT2D eigenvalue weighted by Gasteiger charge is 2.53. The van der Waals surface area contributed by atoms with Gasteiger partial charge in [-0.1, -0.05) is 25.1 Å². The largest absolute Gasteiger partial charge is 0.362 e. The fraction of sp³-hybridized carbons (Fsp3) is 0.407. The molecule has 0 saturated heterocycles. The maximum atomic E-state index is 13.6. The van der Waals surface area contributed by atoms with Crippen molar-refractivity contribution in [3.05, 3.63) is 76.4 Å². The fourth-order valence-electron chi connectivity index (χ4n) is 6.29. The number of aromatic nitrogens is 1. The van der Waals surface area contributed by atoms with Crippen molar-refractivity contribution in [3.8, 4) is 11.1 Å². The van der Waals surface area contributed by atoms with Crippen LogP contribution in [0.15, 0.2) is 69.8 Å². The zero-order valence-electron chi connectivity index (χ0n) is 19.4. The van der Waals surface area contributed by atoms with Gasteiger partial charge in [0.1, 0.15) is 0 Å². The summed E-state index contributed by atoms with van der Waals surface area (Å²) in [6.45, 7) is 6.29. The van der Waals surface area contributed by atoms with Gasteiger partial charge in [0, 0.05) is 35.1 Å². The third-order valence-corrected chi connectivity index (χ3v) is 7.69. The first-order valence-corrected chi connectivity index (χ1v) is 11.9. The number of hydrogen-bond acceptors (Lipinski definition) is 5. The molecule has 0 fully saturated rings. The SMILES string of the molecule is CCC1(c2cccc(-c3ccnc4c3CCC4)c2)C2=CN=NC2NC2=C1C(=O)NC(C)(C)C2. The zero-order valence-corrected chi connectivity index (χ0v) is 19.4. The molecule has 6 nitrogen and oxygen atoms in total. The van der Waals surface area contributed by atoms with Crippen molar-refractivity contribution in [2.24, 2.45) is 10.2 Å². The van der Waals surface area contributed by atoms with Crippen molar-refractivity contribution >= 4 is 5.91 Å². The van der Waals surface area contributed by atoms with Gasteiger partial charge in [-0.3, -0.25) is 9.78 Å². The van der Waals surface area contributed by atoms with Gasteiger partial charge in [0.25, 0.3) is 5.91 Å². The number of pyridine rings is 1. The third kappa shape index (κ3) is 2.93. The summed E-state index contributed by atoms with van der Waals surface area (Å²) < 4.78 is 0. The van der Waals surface area contributed by atoms with Crippen LogP contribution in [0.2, 0.25) is 0 Å². The van der Waals surface area contributed by atoms with Crippen LogP contribution in [-0.2, 0) is 23.1 Å². The van der Waals surface area contributed by atoms with E-state index >= 15 is 0 Å². The Morgan fingerprint density at radius 1 is 1.18 bits per heavy atom. The van der Waals surface area contributed by atoms with E-state index in [1.165, 1.54) is 22.4 Å². The Morgan fingerprint density at radius 3 is 2.91 bits per heavy atom. The third-order valence-electron chi connectivity index (χ3n) is 7.69. The predicted octanol–water partition coefficient (Wildman–Crippen LogP) is 4.72. The van der Waals surface area contributed by atoms with E-state index in [0.717, 1.165) is 54.5 Å². The van der Waals surface area contributed by atoms with Crippen molar-refractivity contribution in [1.29, 1.82) is 0 Å². The summed E-state index contributed by atoms with van der Waals surface area (Å²) in [4.78, 5) is 18.2.